The van der Waals surface area contributed by atoms with Gasteiger partial charge in [0, 0.05) is 16.9 Å². The maximum atomic E-state index is 12.9. The number of esters is 1. The Morgan fingerprint density at radius 1 is 1.12 bits per heavy atom. The van der Waals surface area contributed by atoms with Gasteiger partial charge in [-0.3, -0.25) is 4.79 Å². The van der Waals surface area contributed by atoms with Crippen molar-refractivity contribution in [3.8, 4) is 5.75 Å². The summed E-state index contributed by atoms with van der Waals surface area (Å²) < 4.78 is 11.1. The van der Waals surface area contributed by atoms with Gasteiger partial charge in [-0.15, -0.1) is 0 Å². The smallest absolute Gasteiger partial charge is 0.348 e. The second-order valence-corrected chi connectivity index (χ2v) is 9.23. The predicted molar refractivity (Wildman–Crippen MR) is 96.1 cm³/mol. The van der Waals surface area contributed by atoms with Gasteiger partial charge in [-0.05, 0) is 80.0 Å². The minimum absolute atomic E-state index is 0.109. The fourth-order valence-corrected chi connectivity index (χ4v) is 6.38. The molecule has 0 spiro atoms. The van der Waals surface area contributed by atoms with Gasteiger partial charge in [-0.25, -0.2) is 4.79 Å². The summed E-state index contributed by atoms with van der Waals surface area (Å²) in [4.78, 5) is 25.3. The first-order chi connectivity index (χ1) is 12.5. The maximum absolute atomic E-state index is 12.9. The quantitative estimate of drug-likeness (QED) is 0.748. The number of halogens is 1. The summed E-state index contributed by atoms with van der Waals surface area (Å²) in [6.07, 6.45) is 6.65. The molecule has 1 aromatic carbocycles. The van der Waals surface area contributed by atoms with Gasteiger partial charge in [-0.2, -0.15) is 0 Å². The Morgan fingerprint density at radius 2 is 1.77 bits per heavy atom. The van der Waals surface area contributed by atoms with E-state index in [-0.39, 0.29) is 17.8 Å². The van der Waals surface area contributed by atoms with Crippen LogP contribution < -0.4 is 4.74 Å². The summed E-state index contributed by atoms with van der Waals surface area (Å²) in [6.45, 7) is -0.109. The van der Waals surface area contributed by atoms with Gasteiger partial charge in [0.05, 0.1) is 0 Å². The lowest BCUT2D eigenvalue weighted by atomic mass is 9.48. The van der Waals surface area contributed by atoms with Crippen molar-refractivity contribution >= 4 is 23.4 Å². The fourth-order valence-electron chi connectivity index (χ4n) is 6.18. The summed E-state index contributed by atoms with van der Waals surface area (Å²) in [5, 5.41) is 0.623. The molecule has 1 unspecified atom stereocenters. The molecule has 4 aliphatic carbocycles. The van der Waals surface area contributed by atoms with Crippen LogP contribution in [-0.2, 0) is 20.7 Å². The van der Waals surface area contributed by atoms with Crippen LogP contribution in [-0.4, -0.2) is 24.5 Å². The highest BCUT2D eigenvalue weighted by Crippen LogP contribution is 2.60. The largest absolute Gasteiger partial charge is 0.478 e. The molecular formula is C21H23ClO4. The van der Waals surface area contributed by atoms with Crippen LogP contribution in [0.1, 0.15) is 44.1 Å². The molecule has 0 radical (unpaired) electrons. The zero-order valence-corrected chi connectivity index (χ0v) is 15.5. The number of ether oxygens (including phenoxy) is 2. The molecule has 0 N–H and O–H groups in total. The number of benzene rings is 1. The van der Waals surface area contributed by atoms with Gasteiger partial charge in [0.15, 0.2) is 18.5 Å². The summed E-state index contributed by atoms with van der Waals surface area (Å²) in [5.41, 5.74) is 0.689. The van der Waals surface area contributed by atoms with Crippen molar-refractivity contribution in [1.29, 1.82) is 0 Å². The van der Waals surface area contributed by atoms with Crippen LogP contribution in [0.5, 0.6) is 5.75 Å². The molecule has 26 heavy (non-hydrogen) atoms. The summed E-state index contributed by atoms with van der Waals surface area (Å²) in [6, 6.07) is 5.32. The molecule has 0 amide bonds. The monoisotopic (exact) mass is 374 g/mol. The molecule has 6 rings (SSSR count). The van der Waals surface area contributed by atoms with Crippen LogP contribution in [0.25, 0.3) is 0 Å². The average Bonchev–Trinajstić information content (AvgIpc) is 3.01. The first-order valence-electron chi connectivity index (χ1n) is 9.66. The van der Waals surface area contributed by atoms with E-state index in [1.165, 1.54) is 19.3 Å². The molecule has 4 fully saturated rings. The van der Waals surface area contributed by atoms with Crippen molar-refractivity contribution in [3.05, 3.63) is 28.8 Å². The lowest BCUT2D eigenvalue weighted by Crippen LogP contribution is -2.51. The fraction of sp³-hybridized carbons (Fsp3) is 0.619. The Morgan fingerprint density at radius 3 is 2.42 bits per heavy atom. The van der Waals surface area contributed by atoms with Crippen LogP contribution in [0.4, 0.5) is 0 Å². The van der Waals surface area contributed by atoms with Crippen molar-refractivity contribution in [2.24, 2.45) is 23.2 Å². The third-order valence-electron chi connectivity index (χ3n) is 6.94. The molecule has 0 saturated heterocycles. The SMILES string of the molecule is O=C(OCC(=O)C12CC3CC(CC(C3)C1)C2)C1Cc2cc(Cl)ccc2O1. The molecule has 5 aliphatic rings. The number of carbonyl (C=O) groups is 2. The number of fused-ring (bicyclic) bond motifs is 1. The van der Waals surface area contributed by atoms with E-state index in [4.69, 9.17) is 21.1 Å². The second kappa shape index (κ2) is 5.98. The van der Waals surface area contributed by atoms with E-state index >= 15 is 0 Å². The number of Topliss-reactive ketones (excluding diaryl/α,β-unsaturated/α-hetero) is 1. The summed E-state index contributed by atoms with van der Waals surface area (Å²) in [5.74, 6) is 2.47. The van der Waals surface area contributed by atoms with Crippen molar-refractivity contribution in [2.45, 2.75) is 51.0 Å². The zero-order chi connectivity index (χ0) is 17.9. The number of rotatable bonds is 4. The molecule has 5 heteroatoms. The number of carbonyl (C=O) groups excluding carboxylic acids is 2. The molecule has 1 aliphatic heterocycles. The van der Waals surface area contributed by atoms with E-state index in [2.05, 4.69) is 0 Å². The van der Waals surface area contributed by atoms with E-state index in [9.17, 15) is 9.59 Å². The van der Waals surface area contributed by atoms with Gasteiger partial charge in [-0.1, -0.05) is 11.6 Å². The van der Waals surface area contributed by atoms with E-state index in [0.29, 0.717) is 34.9 Å². The van der Waals surface area contributed by atoms with Crippen LogP contribution in [0.3, 0.4) is 0 Å². The highest BCUT2D eigenvalue weighted by atomic mass is 35.5. The van der Waals surface area contributed by atoms with Gasteiger partial charge in [0.2, 0.25) is 0 Å². The van der Waals surface area contributed by atoms with E-state index in [0.717, 1.165) is 24.8 Å². The molecule has 138 valence electrons. The molecule has 1 heterocycles. The van der Waals surface area contributed by atoms with E-state index in [1.807, 2.05) is 6.07 Å². The van der Waals surface area contributed by atoms with Gasteiger partial charge in [0.25, 0.3) is 0 Å². The molecule has 1 atom stereocenters. The van der Waals surface area contributed by atoms with E-state index in [1.54, 1.807) is 12.1 Å². The molecule has 4 saturated carbocycles. The average molecular weight is 375 g/mol. The topological polar surface area (TPSA) is 52.6 Å². The van der Waals surface area contributed by atoms with Crippen molar-refractivity contribution in [2.75, 3.05) is 6.61 Å². The van der Waals surface area contributed by atoms with Crippen LogP contribution in [0.2, 0.25) is 5.02 Å². The number of hydrogen-bond acceptors (Lipinski definition) is 4. The van der Waals surface area contributed by atoms with Gasteiger partial charge in [0.1, 0.15) is 5.75 Å². The van der Waals surface area contributed by atoms with Crippen molar-refractivity contribution in [3.63, 3.8) is 0 Å². The highest BCUT2D eigenvalue weighted by Gasteiger charge is 2.54. The lowest BCUT2D eigenvalue weighted by Gasteiger charge is -2.55. The number of hydrogen-bond donors (Lipinski definition) is 0. The Kier molecular flexibility index (Phi) is 3.82. The van der Waals surface area contributed by atoms with Crippen LogP contribution in [0, 0.1) is 23.2 Å². The van der Waals surface area contributed by atoms with E-state index < -0.39 is 12.1 Å². The number of ketones is 1. The maximum Gasteiger partial charge on any atom is 0.348 e. The molecular weight excluding hydrogens is 352 g/mol. The van der Waals surface area contributed by atoms with Crippen molar-refractivity contribution in [1.82, 2.24) is 0 Å². The van der Waals surface area contributed by atoms with Crippen LogP contribution >= 0.6 is 11.6 Å². The molecule has 4 bridgehead atoms. The molecule has 1 aromatic rings. The summed E-state index contributed by atoms with van der Waals surface area (Å²) in [7, 11) is 0. The van der Waals surface area contributed by atoms with Gasteiger partial charge >= 0.3 is 5.97 Å². The Balaban J connectivity index is 1.20. The summed E-state index contributed by atoms with van der Waals surface area (Å²) >= 11 is 5.99. The molecule has 0 aromatic heterocycles. The first-order valence-corrected chi connectivity index (χ1v) is 10.0. The Hall–Kier alpha value is -1.55. The highest BCUT2D eigenvalue weighted by molar-refractivity contribution is 6.30. The third-order valence-corrected chi connectivity index (χ3v) is 7.17. The minimum Gasteiger partial charge on any atom is -0.478 e. The third kappa shape index (κ3) is 2.74. The second-order valence-electron chi connectivity index (χ2n) is 8.79. The standard InChI is InChI=1S/C21H23ClO4/c22-16-1-2-17-15(6-16)7-18(26-17)20(24)25-11-19(23)21-8-12-3-13(9-21)5-14(4-12)10-21/h1-2,6,12-14,18H,3-5,7-11H2. The Bertz CT molecular complexity index is 736. The lowest BCUT2D eigenvalue weighted by molar-refractivity contribution is -0.161. The Labute approximate surface area is 158 Å². The van der Waals surface area contributed by atoms with Gasteiger partial charge < -0.3 is 9.47 Å². The first kappa shape index (κ1) is 16.6. The predicted octanol–water partition coefficient (Wildman–Crippen LogP) is 3.97. The normalized spacial score (nSPS) is 36.5. The minimum atomic E-state index is -0.673. The molecule has 4 nitrogen and oxygen atoms in total. The van der Waals surface area contributed by atoms with Crippen LogP contribution in [0.15, 0.2) is 18.2 Å². The van der Waals surface area contributed by atoms with Crippen molar-refractivity contribution < 1.29 is 19.1 Å². The zero-order valence-electron chi connectivity index (χ0n) is 14.7.